The van der Waals surface area contributed by atoms with Crippen LogP contribution in [0.1, 0.15) is 12.8 Å². The Balaban J connectivity index is 1.99. The molecule has 1 fully saturated rings. The number of rotatable bonds is 6. The molecule has 0 saturated carbocycles. The lowest BCUT2D eigenvalue weighted by Gasteiger charge is -2.27. The van der Waals surface area contributed by atoms with Crippen LogP contribution in [0.2, 0.25) is 0 Å². The minimum atomic E-state index is 0.582. The van der Waals surface area contributed by atoms with Gasteiger partial charge in [-0.05, 0) is 18.6 Å². The Morgan fingerprint density at radius 1 is 1.39 bits per heavy atom. The highest BCUT2D eigenvalue weighted by Crippen LogP contribution is 2.20. The van der Waals surface area contributed by atoms with E-state index in [-0.39, 0.29) is 0 Å². The SMILES string of the molecule is NC(=S)CCN(CC1CCOC1)c1ccccc1. The molecule has 18 heavy (non-hydrogen) atoms. The fourth-order valence-electron chi connectivity index (χ4n) is 2.25. The molecule has 1 aliphatic rings. The predicted octanol–water partition coefficient (Wildman–Crippen LogP) is 2.21. The molecule has 1 aliphatic heterocycles. The van der Waals surface area contributed by atoms with Crippen molar-refractivity contribution in [1.29, 1.82) is 0 Å². The van der Waals surface area contributed by atoms with Crippen LogP contribution in [-0.2, 0) is 4.74 Å². The van der Waals surface area contributed by atoms with E-state index < -0.39 is 0 Å². The summed E-state index contributed by atoms with van der Waals surface area (Å²) in [5, 5.41) is 0. The molecule has 0 amide bonds. The molecular weight excluding hydrogens is 244 g/mol. The Morgan fingerprint density at radius 3 is 2.78 bits per heavy atom. The van der Waals surface area contributed by atoms with Crippen molar-refractivity contribution in [1.82, 2.24) is 0 Å². The highest BCUT2D eigenvalue weighted by molar-refractivity contribution is 7.80. The molecule has 2 rings (SSSR count). The Hall–Kier alpha value is -1.13. The van der Waals surface area contributed by atoms with Gasteiger partial charge in [0.2, 0.25) is 0 Å². The van der Waals surface area contributed by atoms with E-state index in [1.807, 2.05) is 6.07 Å². The largest absolute Gasteiger partial charge is 0.393 e. The first kappa shape index (κ1) is 13.3. The van der Waals surface area contributed by atoms with Crippen LogP contribution in [0, 0.1) is 5.92 Å². The lowest BCUT2D eigenvalue weighted by atomic mass is 10.1. The van der Waals surface area contributed by atoms with Crippen molar-refractivity contribution in [3.63, 3.8) is 0 Å². The summed E-state index contributed by atoms with van der Waals surface area (Å²) >= 11 is 4.97. The van der Waals surface area contributed by atoms with Crippen LogP contribution < -0.4 is 10.6 Å². The first-order valence-electron chi connectivity index (χ1n) is 6.42. The van der Waals surface area contributed by atoms with Gasteiger partial charge in [0.1, 0.15) is 0 Å². The number of nitrogens with zero attached hydrogens (tertiary/aromatic N) is 1. The number of benzene rings is 1. The van der Waals surface area contributed by atoms with E-state index in [2.05, 4.69) is 29.2 Å². The zero-order valence-corrected chi connectivity index (χ0v) is 11.4. The summed E-state index contributed by atoms with van der Waals surface area (Å²) in [6, 6.07) is 10.4. The standard InChI is InChI=1S/C14H20N2OS/c15-14(18)6-8-16(10-12-7-9-17-11-12)13-4-2-1-3-5-13/h1-5,12H,6-11H2,(H2,15,18). The molecule has 1 aromatic carbocycles. The van der Waals surface area contributed by atoms with E-state index in [9.17, 15) is 0 Å². The number of thiocarbonyl (C=S) groups is 1. The summed E-state index contributed by atoms with van der Waals surface area (Å²) in [4.78, 5) is 2.94. The minimum absolute atomic E-state index is 0.582. The predicted molar refractivity (Wildman–Crippen MR) is 79.0 cm³/mol. The fourth-order valence-corrected chi connectivity index (χ4v) is 2.34. The summed E-state index contributed by atoms with van der Waals surface area (Å²) in [6.45, 7) is 3.67. The molecule has 0 aliphatic carbocycles. The molecule has 4 heteroatoms. The number of ether oxygens (including phenoxy) is 1. The molecule has 3 nitrogen and oxygen atoms in total. The number of hydrogen-bond donors (Lipinski definition) is 1. The second-order valence-electron chi connectivity index (χ2n) is 4.73. The van der Waals surface area contributed by atoms with Crippen molar-refractivity contribution < 1.29 is 4.74 Å². The molecule has 1 heterocycles. The minimum Gasteiger partial charge on any atom is -0.393 e. The second-order valence-corrected chi connectivity index (χ2v) is 5.25. The lowest BCUT2D eigenvalue weighted by Crippen LogP contribution is -2.32. The van der Waals surface area contributed by atoms with Gasteiger partial charge in [0.05, 0.1) is 11.6 Å². The quantitative estimate of drug-likeness (QED) is 0.800. The van der Waals surface area contributed by atoms with Gasteiger partial charge in [-0.25, -0.2) is 0 Å². The first-order valence-corrected chi connectivity index (χ1v) is 6.82. The van der Waals surface area contributed by atoms with Gasteiger partial charge >= 0.3 is 0 Å². The third-order valence-corrected chi connectivity index (χ3v) is 3.46. The van der Waals surface area contributed by atoms with Gasteiger partial charge in [-0.2, -0.15) is 0 Å². The van der Waals surface area contributed by atoms with E-state index in [0.29, 0.717) is 10.9 Å². The number of para-hydroxylation sites is 1. The van der Waals surface area contributed by atoms with Gasteiger partial charge in [-0.15, -0.1) is 0 Å². The van der Waals surface area contributed by atoms with Crippen LogP contribution in [0.25, 0.3) is 0 Å². The molecule has 1 aromatic rings. The van der Waals surface area contributed by atoms with Crippen LogP contribution in [0.5, 0.6) is 0 Å². The number of hydrogen-bond acceptors (Lipinski definition) is 3. The zero-order valence-electron chi connectivity index (χ0n) is 10.5. The summed E-state index contributed by atoms with van der Waals surface area (Å²) < 4.78 is 5.44. The van der Waals surface area contributed by atoms with Crippen molar-refractivity contribution in [3.8, 4) is 0 Å². The molecule has 1 unspecified atom stereocenters. The number of anilines is 1. The summed E-state index contributed by atoms with van der Waals surface area (Å²) in [5.74, 6) is 0.622. The monoisotopic (exact) mass is 264 g/mol. The van der Waals surface area contributed by atoms with Crippen molar-refractivity contribution in [2.24, 2.45) is 11.7 Å². The summed E-state index contributed by atoms with van der Waals surface area (Å²) in [6.07, 6.45) is 1.91. The van der Waals surface area contributed by atoms with E-state index >= 15 is 0 Å². The highest BCUT2D eigenvalue weighted by Gasteiger charge is 2.19. The van der Waals surface area contributed by atoms with Gasteiger partial charge < -0.3 is 15.4 Å². The average molecular weight is 264 g/mol. The normalized spacial score (nSPS) is 18.8. The van der Waals surface area contributed by atoms with Gasteiger partial charge in [0.15, 0.2) is 0 Å². The lowest BCUT2D eigenvalue weighted by molar-refractivity contribution is 0.186. The van der Waals surface area contributed by atoms with E-state index in [0.717, 1.165) is 39.1 Å². The topological polar surface area (TPSA) is 38.5 Å². The summed E-state index contributed by atoms with van der Waals surface area (Å²) in [7, 11) is 0. The van der Waals surface area contributed by atoms with E-state index in [4.69, 9.17) is 22.7 Å². The molecule has 1 saturated heterocycles. The Bertz CT molecular complexity index is 377. The fraction of sp³-hybridized carbons (Fsp3) is 0.500. The zero-order chi connectivity index (χ0) is 12.8. The van der Waals surface area contributed by atoms with Gasteiger partial charge in [0.25, 0.3) is 0 Å². The van der Waals surface area contributed by atoms with Crippen molar-refractivity contribution in [2.45, 2.75) is 12.8 Å². The van der Waals surface area contributed by atoms with Crippen LogP contribution >= 0.6 is 12.2 Å². The van der Waals surface area contributed by atoms with Crippen LogP contribution in [0.4, 0.5) is 5.69 Å². The Labute approximate surface area is 114 Å². The summed E-state index contributed by atoms with van der Waals surface area (Å²) in [5.41, 5.74) is 6.84. The smallest absolute Gasteiger partial charge is 0.0745 e. The third-order valence-electron chi connectivity index (χ3n) is 3.25. The van der Waals surface area contributed by atoms with Crippen LogP contribution in [0.15, 0.2) is 30.3 Å². The molecule has 0 aromatic heterocycles. The van der Waals surface area contributed by atoms with E-state index in [1.54, 1.807) is 0 Å². The Morgan fingerprint density at radius 2 is 2.17 bits per heavy atom. The van der Waals surface area contributed by atoms with Crippen molar-refractivity contribution in [2.75, 3.05) is 31.2 Å². The second kappa shape index (κ2) is 6.71. The maximum Gasteiger partial charge on any atom is 0.0745 e. The van der Waals surface area contributed by atoms with Crippen molar-refractivity contribution >= 4 is 22.9 Å². The molecule has 1 atom stereocenters. The van der Waals surface area contributed by atoms with Crippen LogP contribution in [0.3, 0.4) is 0 Å². The van der Waals surface area contributed by atoms with Gasteiger partial charge in [-0.3, -0.25) is 0 Å². The molecule has 2 N–H and O–H groups in total. The molecule has 0 bridgehead atoms. The Kier molecular flexibility index (Phi) is 4.96. The van der Waals surface area contributed by atoms with Crippen LogP contribution in [-0.4, -0.2) is 31.3 Å². The average Bonchev–Trinajstić information content (AvgIpc) is 2.88. The third kappa shape index (κ3) is 3.96. The molecule has 98 valence electrons. The highest BCUT2D eigenvalue weighted by atomic mass is 32.1. The van der Waals surface area contributed by atoms with Crippen molar-refractivity contribution in [3.05, 3.63) is 30.3 Å². The molecule has 0 spiro atoms. The number of nitrogens with two attached hydrogens (primary N) is 1. The maximum absolute atomic E-state index is 5.61. The molecular formula is C14H20N2OS. The first-order chi connectivity index (χ1) is 8.75. The maximum atomic E-state index is 5.61. The van der Waals surface area contributed by atoms with E-state index in [1.165, 1.54) is 5.69 Å². The molecule has 0 radical (unpaired) electrons. The van der Waals surface area contributed by atoms with Gasteiger partial charge in [-0.1, -0.05) is 30.4 Å². The van der Waals surface area contributed by atoms with Gasteiger partial charge in [0, 0.05) is 37.7 Å².